The number of carboxylic acid groups (broad SMARTS) is 4. The van der Waals surface area contributed by atoms with Gasteiger partial charge in [-0.25, -0.2) is 19.2 Å². The molecule has 208 valence electrons. The molecule has 5 N–H and O–H groups in total. The van der Waals surface area contributed by atoms with Crippen molar-refractivity contribution in [2.24, 2.45) is 0 Å². The van der Waals surface area contributed by atoms with Crippen LogP contribution >= 0.6 is 0 Å². The maximum Gasteiger partial charge on any atom is 0.414 e. The number of anilines is 1. The minimum absolute atomic E-state index is 0.851. The molecule has 3 aromatic rings. The number of nitrogens with zero attached hydrogens (tertiary/aromatic N) is 3. The van der Waals surface area contributed by atoms with Gasteiger partial charge in [-0.3, -0.25) is 4.90 Å². The Hall–Kier alpha value is -4.62. The van der Waals surface area contributed by atoms with Crippen molar-refractivity contribution in [1.29, 1.82) is 0 Å². The van der Waals surface area contributed by atoms with E-state index in [1.165, 1.54) is 5.56 Å². The van der Waals surface area contributed by atoms with E-state index in [0.29, 0.717) is 0 Å². The van der Waals surface area contributed by atoms with Crippen LogP contribution in [0.2, 0.25) is 0 Å². The number of morpholine rings is 1. The zero-order chi connectivity index (χ0) is 28.8. The Morgan fingerprint density at radius 2 is 1.36 bits per heavy atom. The molecule has 1 saturated heterocycles. The second-order valence-electron chi connectivity index (χ2n) is 8.26. The maximum atomic E-state index is 9.10. The van der Waals surface area contributed by atoms with Crippen molar-refractivity contribution in [2.45, 2.75) is 13.3 Å². The molecule has 0 amide bonds. The Kier molecular flexibility index (Phi) is 12.2. The van der Waals surface area contributed by atoms with Crippen molar-refractivity contribution in [3.63, 3.8) is 0 Å². The van der Waals surface area contributed by atoms with Gasteiger partial charge in [0.05, 0.1) is 13.2 Å². The van der Waals surface area contributed by atoms with Crippen molar-refractivity contribution < 1.29 is 44.3 Å². The van der Waals surface area contributed by atoms with Gasteiger partial charge >= 0.3 is 23.9 Å². The molecule has 0 unspecified atom stereocenters. The summed E-state index contributed by atoms with van der Waals surface area (Å²) in [6.07, 6.45) is 1.08. The molecule has 13 nitrogen and oxygen atoms in total. The lowest BCUT2D eigenvalue weighted by atomic mass is 10.0. The van der Waals surface area contributed by atoms with Crippen LogP contribution in [0.3, 0.4) is 0 Å². The molecule has 39 heavy (non-hydrogen) atoms. The third-order valence-electron chi connectivity index (χ3n) is 5.43. The summed E-state index contributed by atoms with van der Waals surface area (Å²) in [5.41, 5.74) is 3.28. The quantitative estimate of drug-likeness (QED) is 0.224. The molecule has 13 heteroatoms. The number of aromatic nitrogens is 2. The van der Waals surface area contributed by atoms with Crippen LogP contribution in [0, 0.1) is 6.92 Å². The molecule has 1 aromatic heterocycles. The highest BCUT2D eigenvalue weighted by atomic mass is 16.5. The highest BCUT2D eigenvalue weighted by molar-refractivity contribution is 6.27. The zero-order valence-corrected chi connectivity index (χ0v) is 21.2. The molecule has 1 aliphatic rings. The van der Waals surface area contributed by atoms with Crippen LogP contribution in [0.5, 0.6) is 0 Å². The summed E-state index contributed by atoms with van der Waals surface area (Å²) in [4.78, 5) is 38.9. The number of nitrogens with one attached hydrogen (secondary N) is 1. The highest BCUT2D eigenvalue weighted by Crippen LogP contribution is 2.29. The molecular formula is C26H30N4O9. The minimum Gasteiger partial charge on any atom is -0.473 e. The van der Waals surface area contributed by atoms with E-state index in [1.54, 1.807) is 0 Å². The Labute approximate surface area is 223 Å². The van der Waals surface area contributed by atoms with E-state index in [4.69, 9.17) is 44.3 Å². The van der Waals surface area contributed by atoms with Gasteiger partial charge in [0, 0.05) is 36.0 Å². The van der Waals surface area contributed by atoms with Crippen LogP contribution in [-0.2, 0) is 23.9 Å². The van der Waals surface area contributed by atoms with E-state index in [9.17, 15) is 0 Å². The number of aliphatic carboxylic acids is 4. The Bertz CT molecular complexity index is 1230. The summed E-state index contributed by atoms with van der Waals surface area (Å²) in [6, 6.07) is 16.8. The molecule has 1 fully saturated rings. The maximum absolute atomic E-state index is 9.10. The lowest BCUT2D eigenvalue weighted by molar-refractivity contribution is -0.159. The SMILES string of the molecule is Cc1ccc(-c2nnc(NCCCN3CCOCC3)c3ccccc23)cc1.O=C(O)C(=O)O.O=C(O)C(=O)O. The average Bonchev–Trinajstić information content (AvgIpc) is 2.93. The largest absolute Gasteiger partial charge is 0.473 e. The number of benzene rings is 2. The average molecular weight is 543 g/mol. The number of carbonyl (C=O) groups is 4. The molecule has 0 spiro atoms. The van der Waals surface area contributed by atoms with E-state index in [0.717, 1.165) is 73.7 Å². The van der Waals surface area contributed by atoms with E-state index in [2.05, 4.69) is 75.9 Å². The van der Waals surface area contributed by atoms with Crippen molar-refractivity contribution in [3.05, 3.63) is 54.1 Å². The van der Waals surface area contributed by atoms with Crippen molar-refractivity contribution in [1.82, 2.24) is 15.1 Å². The summed E-state index contributed by atoms with van der Waals surface area (Å²) in [6.45, 7) is 7.84. The number of ether oxygens (including phenoxy) is 1. The van der Waals surface area contributed by atoms with Gasteiger partial charge in [-0.1, -0.05) is 54.1 Å². The summed E-state index contributed by atoms with van der Waals surface area (Å²) in [7, 11) is 0. The molecule has 0 bridgehead atoms. The molecule has 0 radical (unpaired) electrons. The van der Waals surface area contributed by atoms with Gasteiger partial charge in [0.15, 0.2) is 5.82 Å². The predicted molar refractivity (Wildman–Crippen MR) is 141 cm³/mol. The lowest BCUT2D eigenvalue weighted by Crippen LogP contribution is -2.37. The molecule has 0 atom stereocenters. The molecule has 0 aliphatic carbocycles. The van der Waals surface area contributed by atoms with Crippen molar-refractivity contribution >= 4 is 40.5 Å². The monoisotopic (exact) mass is 542 g/mol. The summed E-state index contributed by atoms with van der Waals surface area (Å²) in [5.74, 6) is -6.43. The zero-order valence-electron chi connectivity index (χ0n) is 21.2. The number of hydrogen-bond acceptors (Lipinski definition) is 9. The smallest absolute Gasteiger partial charge is 0.414 e. The molecule has 2 aromatic carbocycles. The Morgan fingerprint density at radius 1 is 0.821 bits per heavy atom. The van der Waals surface area contributed by atoms with Crippen molar-refractivity contribution in [2.75, 3.05) is 44.7 Å². The fourth-order valence-electron chi connectivity index (χ4n) is 3.49. The first-order valence-corrected chi connectivity index (χ1v) is 11.9. The van der Waals surface area contributed by atoms with E-state index < -0.39 is 23.9 Å². The van der Waals surface area contributed by atoms with Gasteiger partial charge in [0.1, 0.15) is 5.69 Å². The van der Waals surface area contributed by atoms with Crippen LogP contribution in [0.1, 0.15) is 12.0 Å². The van der Waals surface area contributed by atoms with E-state index in [1.807, 2.05) is 0 Å². The molecule has 1 aliphatic heterocycles. The van der Waals surface area contributed by atoms with Gasteiger partial charge in [-0.2, -0.15) is 0 Å². The summed E-state index contributed by atoms with van der Waals surface area (Å²) in [5, 5.41) is 44.3. The van der Waals surface area contributed by atoms with Gasteiger partial charge in [0.25, 0.3) is 0 Å². The van der Waals surface area contributed by atoms with E-state index >= 15 is 0 Å². The predicted octanol–water partition coefficient (Wildman–Crippen LogP) is 2.05. The van der Waals surface area contributed by atoms with Gasteiger partial charge < -0.3 is 30.5 Å². The van der Waals surface area contributed by atoms with Crippen molar-refractivity contribution in [3.8, 4) is 11.3 Å². The topological polar surface area (TPSA) is 199 Å². The number of aryl methyl sites for hydroxylation is 1. The van der Waals surface area contributed by atoms with Gasteiger partial charge in [0.2, 0.25) is 0 Å². The van der Waals surface area contributed by atoms with Crippen LogP contribution in [0.25, 0.3) is 22.0 Å². The number of rotatable bonds is 6. The molecule has 4 rings (SSSR count). The standard InChI is InChI=1S/C22H26N4O.2C2H2O4/c1-17-7-9-18(10-8-17)21-19-5-2-3-6-20(19)22(25-24-21)23-11-4-12-26-13-15-27-16-14-26;2*3-1(4)2(5)6/h2-3,5-10H,4,11-16H2,1H3,(H,23,25);2*(H,3,4)(H,5,6). The third kappa shape index (κ3) is 10.3. The summed E-state index contributed by atoms with van der Waals surface area (Å²) >= 11 is 0. The van der Waals surface area contributed by atoms with Crippen LogP contribution in [0.4, 0.5) is 5.82 Å². The second kappa shape index (κ2) is 15.6. The summed E-state index contributed by atoms with van der Waals surface area (Å²) < 4.78 is 5.40. The highest BCUT2D eigenvalue weighted by Gasteiger charge is 2.12. The Morgan fingerprint density at radius 3 is 1.90 bits per heavy atom. The number of fused-ring (bicyclic) bond motifs is 1. The minimum atomic E-state index is -1.82. The van der Waals surface area contributed by atoms with E-state index in [-0.39, 0.29) is 0 Å². The molecule has 0 saturated carbocycles. The molecular weight excluding hydrogens is 512 g/mol. The van der Waals surface area contributed by atoms with Crippen LogP contribution in [-0.4, -0.2) is 98.8 Å². The first kappa shape index (κ1) is 30.6. The Balaban J connectivity index is 0.000000374. The first-order chi connectivity index (χ1) is 18.6. The lowest BCUT2D eigenvalue weighted by Gasteiger charge is -2.26. The fourth-order valence-corrected chi connectivity index (χ4v) is 3.49. The normalized spacial score (nSPS) is 12.7. The second-order valence-corrected chi connectivity index (χ2v) is 8.26. The number of hydrogen-bond donors (Lipinski definition) is 5. The van der Waals surface area contributed by atoms with Gasteiger partial charge in [-0.15, -0.1) is 10.2 Å². The first-order valence-electron chi connectivity index (χ1n) is 11.9. The van der Waals surface area contributed by atoms with Gasteiger partial charge in [-0.05, 0) is 19.9 Å². The third-order valence-corrected chi connectivity index (χ3v) is 5.43. The van der Waals surface area contributed by atoms with Crippen LogP contribution in [0.15, 0.2) is 48.5 Å². The van der Waals surface area contributed by atoms with Crippen LogP contribution < -0.4 is 5.32 Å². The fraction of sp³-hybridized carbons (Fsp3) is 0.308. The molecule has 2 heterocycles. The number of carboxylic acids is 4.